The minimum Gasteiger partial charge on any atom is -0.447 e. The van der Waals surface area contributed by atoms with Gasteiger partial charge in [-0.2, -0.15) is 0 Å². The van der Waals surface area contributed by atoms with Gasteiger partial charge in [0.15, 0.2) is 0 Å². The summed E-state index contributed by atoms with van der Waals surface area (Å²) >= 11 is 1.35. The Kier molecular flexibility index (Phi) is 8.56. The summed E-state index contributed by atoms with van der Waals surface area (Å²) in [6, 6.07) is 12.6. The first-order valence-electron chi connectivity index (χ1n) is 11.6. The Morgan fingerprint density at radius 2 is 1.63 bits per heavy atom. The molecule has 0 radical (unpaired) electrons. The Morgan fingerprint density at radius 1 is 1.00 bits per heavy atom. The van der Waals surface area contributed by atoms with Crippen molar-refractivity contribution in [2.24, 2.45) is 0 Å². The van der Waals surface area contributed by atoms with Crippen LogP contribution in [0.15, 0.2) is 58.8 Å². The van der Waals surface area contributed by atoms with Crippen LogP contribution in [-0.4, -0.2) is 59.0 Å². The SMILES string of the molecule is C=C(C(=O)N1CCN(C(=O)OC(C)C)CC1)c1ccc(Sc2ccccc2C(C)C)c([N+](=O)[O-])c1. The van der Waals surface area contributed by atoms with Crippen molar-refractivity contribution in [3.63, 3.8) is 0 Å². The molecule has 35 heavy (non-hydrogen) atoms. The molecule has 0 aliphatic carbocycles. The van der Waals surface area contributed by atoms with Crippen LogP contribution in [-0.2, 0) is 9.53 Å². The van der Waals surface area contributed by atoms with E-state index in [1.807, 2.05) is 24.3 Å². The molecule has 1 fully saturated rings. The van der Waals surface area contributed by atoms with E-state index in [2.05, 4.69) is 20.4 Å². The van der Waals surface area contributed by atoms with Gasteiger partial charge in [0.25, 0.3) is 11.6 Å². The van der Waals surface area contributed by atoms with E-state index in [1.54, 1.807) is 35.8 Å². The van der Waals surface area contributed by atoms with Gasteiger partial charge in [0, 0.05) is 42.7 Å². The second kappa shape index (κ2) is 11.4. The predicted molar refractivity (Wildman–Crippen MR) is 137 cm³/mol. The summed E-state index contributed by atoms with van der Waals surface area (Å²) in [5, 5.41) is 11.9. The summed E-state index contributed by atoms with van der Waals surface area (Å²) < 4.78 is 5.21. The van der Waals surface area contributed by atoms with Crippen molar-refractivity contribution in [3.8, 4) is 0 Å². The normalized spacial score (nSPS) is 13.8. The van der Waals surface area contributed by atoms with Crippen LogP contribution in [0.1, 0.15) is 44.7 Å². The number of carbonyl (C=O) groups excluding carboxylic acids is 2. The van der Waals surface area contributed by atoms with Crippen LogP contribution in [0.25, 0.3) is 5.57 Å². The second-order valence-electron chi connectivity index (χ2n) is 8.92. The summed E-state index contributed by atoms with van der Waals surface area (Å²) in [6.45, 7) is 13.0. The minimum atomic E-state index is -0.430. The van der Waals surface area contributed by atoms with Gasteiger partial charge in [-0.3, -0.25) is 14.9 Å². The fraction of sp³-hybridized carbons (Fsp3) is 0.385. The molecule has 0 saturated carbocycles. The third-order valence-corrected chi connectivity index (χ3v) is 6.84. The Labute approximate surface area is 210 Å². The van der Waals surface area contributed by atoms with E-state index >= 15 is 0 Å². The molecule has 0 N–H and O–H groups in total. The van der Waals surface area contributed by atoms with Crippen molar-refractivity contribution in [2.75, 3.05) is 26.2 Å². The number of hydrogen-bond acceptors (Lipinski definition) is 6. The van der Waals surface area contributed by atoms with Crippen molar-refractivity contribution in [1.29, 1.82) is 0 Å². The molecule has 0 aromatic heterocycles. The monoisotopic (exact) mass is 497 g/mol. The zero-order chi connectivity index (χ0) is 25.7. The average Bonchev–Trinajstić information content (AvgIpc) is 2.83. The van der Waals surface area contributed by atoms with Gasteiger partial charge < -0.3 is 14.5 Å². The van der Waals surface area contributed by atoms with Gasteiger partial charge in [0.2, 0.25) is 0 Å². The van der Waals surface area contributed by atoms with Crippen LogP contribution in [0.3, 0.4) is 0 Å². The zero-order valence-corrected chi connectivity index (χ0v) is 21.3. The summed E-state index contributed by atoms with van der Waals surface area (Å²) in [5.41, 5.74) is 1.64. The summed E-state index contributed by atoms with van der Waals surface area (Å²) in [6.07, 6.45) is -0.605. The van der Waals surface area contributed by atoms with Crippen molar-refractivity contribution in [1.82, 2.24) is 9.80 Å². The highest BCUT2D eigenvalue weighted by Gasteiger charge is 2.28. The highest BCUT2D eigenvalue weighted by atomic mass is 32.2. The lowest BCUT2D eigenvalue weighted by Crippen LogP contribution is -2.51. The van der Waals surface area contributed by atoms with Crippen molar-refractivity contribution < 1.29 is 19.2 Å². The van der Waals surface area contributed by atoms with Gasteiger partial charge >= 0.3 is 6.09 Å². The summed E-state index contributed by atoms with van der Waals surface area (Å²) in [7, 11) is 0. The number of hydrogen-bond donors (Lipinski definition) is 0. The molecule has 3 rings (SSSR count). The lowest BCUT2D eigenvalue weighted by Gasteiger charge is -2.34. The van der Waals surface area contributed by atoms with Crippen molar-refractivity contribution in [2.45, 2.75) is 49.5 Å². The largest absolute Gasteiger partial charge is 0.447 e. The van der Waals surface area contributed by atoms with E-state index in [9.17, 15) is 19.7 Å². The molecule has 2 aromatic rings. The number of ether oxygens (including phenoxy) is 1. The van der Waals surface area contributed by atoms with E-state index in [0.29, 0.717) is 36.6 Å². The minimum absolute atomic E-state index is 0.0683. The zero-order valence-electron chi connectivity index (χ0n) is 20.5. The number of rotatable bonds is 7. The van der Waals surface area contributed by atoms with Gasteiger partial charge in [-0.25, -0.2) is 4.79 Å². The van der Waals surface area contributed by atoms with E-state index in [0.717, 1.165) is 10.5 Å². The average molecular weight is 498 g/mol. The smallest absolute Gasteiger partial charge is 0.410 e. The standard InChI is InChI=1S/C26H31N3O5S/c1-17(2)21-8-6-7-9-23(21)35-24-11-10-20(16-22(24)29(32)33)19(5)25(30)27-12-14-28(15-13-27)26(31)34-18(3)4/h6-11,16-18H,5,12-15H2,1-4H3. The first kappa shape index (κ1) is 26.3. The van der Waals surface area contributed by atoms with E-state index in [1.165, 1.54) is 17.8 Å². The lowest BCUT2D eigenvalue weighted by atomic mass is 10.0. The third-order valence-electron chi connectivity index (χ3n) is 5.68. The molecule has 0 unspecified atom stereocenters. The molecular weight excluding hydrogens is 466 g/mol. The predicted octanol–water partition coefficient (Wildman–Crippen LogP) is 5.57. The number of nitro benzene ring substituents is 1. The van der Waals surface area contributed by atoms with Crippen LogP contribution in [0, 0.1) is 10.1 Å². The van der Waals surface area contributed by atoms with Gasteiger partial charge in [-0.05, 0) is 43.0 Å². The molecule has 9 heteroatoms. The first-order chi connectivity index (χ1) is 16.6. The highest BCUT2D eigenvalue weighted by molar-refractivity contribution is 7.99. The van der Waals surface area contributed by atoms with Crippen molar-refractivity contribution >= 4 is 35.0 Å². The molecule has 1 aliphatic heterocycles. The van der Waals surface area contributed by atoms with Crippen LogP contribution < -0.4 is 0 Å². The van der Waals surface area contributed by atoms with Crippen LogP contribution in [0.4, 0.5) is 10.5 Å². The Hall–Kier alpha value is -3.33. The Balaban J connectivity index is 1.74. The quantitative estimate of drug-likeness (QED) is 0.282. The maximum absolute atomic E-state index is 13.0. The molecule has 1 aliphatic rings. The fourth-order valence-corrected chi connectivity index (χ4v) is 4.96. The molecule has 2 amide bonds. The van der Waals surface area contributed by atoms with Crippen LogP contribution in [0.5, 0.6) is 0 Å². The Morgan fingerprint density at radius 3 is 2.23 bits per heavy atom. The number of piperazine rings is 1. The van der Waals surface area contributed by atoms with Gasteiger partial charge in [0.05, 0.1) is 15.9 Å². The highest BCUT2D eigenvalue weighted by Crippen LogP contribution is 2.39. The molecule has 1 saturated heterocycles. The van der Waals surface area contributed by atoms with Crippen LogP contribution >= 0.6 is 11.8 Å². The van der Waals surface area contributed by atoms with E-state index in [-0.39, 0.29) is 29.2 Å². The topological polar surface area (TPSA) is 93.0 Å². The molecular formula is C26H31N3O5S. The Bertz CT molecular complexity index is 1120. The summed E-state index contributed by atoms with van der Waals surface area (Å²) in [5.74, 6) is -0.0242. The molecule has 1 heterocycles. The van der Waals surface area contributed by atoms with Crippen LogP contribution in [0.2, 0.25) is 0 Å². The third kappa shape index (κ3) is 6.42. The molecule has 0 bridgehead atoms. The number of benzene rings is 2. The number of carbonyl (C=O) groups is 2. The van der Waals surface area contributed by atoms with Crippen molar-refractivity contribution in [3.05, 3.63) is 70.3 Å². The van der Waals surface area contributed by atoms with Gasteiger partial charge in [0.1, 0.15) is 0 Å². The second-order valence-corrected chi connectivity index (χ2v) is 10.0. The maximum atomic E-state index is 13.0. The molecule has 186 valence electrons. The first-order valence-corrected chi connectivity index (χ1v) is 12.4. The van der Waals surface area contributed by atoms with E-state index in [4.69, 9.17) is 4.74 Å². The molecule has 2 aromatic carbocycles. The van der Waals surface area contributed by atoms with Gasteiger partial charge in [-0.1, -0.05) is 56.5 Å². The number of amides is 2. The number of nitrogens with zero attached hydrogens (tertiary/aromatic N) is 3. The fourth-order valence-electron chi connectivity index (χ4n) is 3.79. The molecule has 0 spiro atoms. The summed E-state index contributed by atoms with van der Waals surface area (Å²) in [4.78, 5) is 41.2. The lowest BCUT2D eigenvalue weighted by molar-refractivity contribution is -0.387. The number of nitro groups is 1. The van der Waals surface area contributed by atoms with Gasteiger partial charge in [-0.15, -0.1) is 0 Å². The molecule has 8 nitrogen and oxygen atoms in total. The molecule has 0 atom stereocenters. The van der Waals surface area contributed by atoms with E-state index < -0.39 is 11.0 Å². The maximum Gasteiger partial charge on any atom is 0.410 e.